The van der Waals surface area contributed by atoms with Gasteiger partial charge >= 0.3 is 18.2 Å². The van der Waals surface area contributed by atoms with Gasteiger partial charge in [0.1, 0.15) is 11.1 Å². The molecular formula is C33H45ClF3N7O5. The van der Waals surface area contributed by atoms with Crippen molar-refractivity contribution in [3.05, 3.63) is 52.4 Å². The minimum absolute atomic E-state index is 0.0143. The molecular weight excluding hydrogens is 667 g/mol. The minimum Gasteiger partial charge on any atom is -0.475 e. The van der Waals surface area contributed by atoms with Gasteiger partial charge in [-0.25, -0.2) is 14.6 Å². The van der Waals surface area contributed by atoms with E-state index in [1.165, 1.54) is 11.1 Å². The molecule has 0 radical (unpaired) electrons. The highest BCUT2D eigenvalue weighted by molar-refractivity contribution is 6.32. The van der Waals surface area contributed by atoms with Crippen molar-refractivity contribution in [3.63, 3.8) is 0 Å². The van der Waals surface area contributed by atoms with E-state index >= 15 is 0 Å². The Kier molecular flexibility index (Phi) is 14.2. The summed E-state index contributed by atoms with van der Waals surface area (Å²) in [4.78, 5) is 46.4. The molecule has 1 fully saturated rings. The third-order valence-electron chi connectivity index (χ3n) is 8.89. The van der Waals surface area contributed by atoms with E-state index in [1.807, 2.05) is 32.0 Å². The Balaban J connectivity index is 0.00000107. The lowest BCUT2D eigenvalue weighted by molar-refractivity contribution is -0.192. The molecule has 3 N–H and O–H groups in total. The van der Waals surface area contributed by atoms with Crippen molar-refractivity contribution in [2.24, 2.45) is 5.41 Å². The van der Waals surface area contributed by atoms with Crippen LogP contribution in [0.2, 0.25) is 5.02 Å². The summed E-state index contributed by atoms with van der Waals surface area (Å²) in [6.07, 6.45) is -0.816. The van der Waals surface area contributed by atoms with Gasteiger partial charge < -0.3 is 15.1 Å². The second-order valence-corrected chi connectivity index (χ2v) is 13.9. The Labute approximate surface area is 289 Å². The van der Waals surface area contributed by atoms with Gasteiger partial charge in [0.15, 0.2) is 5.82 Å². The number of aliphatic carboxylic acids is 1. The van der Waals surface area contributed by atoms with Crippen molar-refractivity contribution in [3.8, 4) is 6.07 Å². The quantitative estimate of drug-likeness (QED) is 0.213. The molecule has 0 unspecified atom stereocenters. The van der Waals surface area contributed by atoms with Crippen LogP contribution in [-0.4, -0.2) is 84.8 Å². The molecule has 2 aromatic rings. The third kappa shape index (κ3) is 11.5. The zero-order chi connectivity index (χ0) is 37.3. The molecule has 1 aromatic carbocycles. The van der Waals surface area contributed by atoms with Gasteiger partial charge in [-0.1, -0.05) is 57.3 Å². The largest absolute Gasteiger partial charge is 0.490 e. The molecule has 0 aliphatic heterocycles. The molecule has 270 valence electrons. The average Bonchev–Trinajstić information content (AvgIpc) is 3.54. The zero-order valence-corrected chi connectivity index (χ0v) is 29.6. The fraction of sp³-hybridized carbons (Fsp3) is 0.576. The second-order valence-electron chi connectivity index (χ2n) is 13.5. The first-order valence-corrected chi connectivity index (χ1v) is 16.1. The molecule has 1 aliphatic carbocycles. The Morgan fingerprint density at radius 3 is 2.04 bits per heavy atom. The van der Waals surface area contributed by atoms with Gasteiger partial charge in [-0.3, -0.25) is 20.1 Å². The number of hydrogen-bond donors (Lipinski definition) is 3. The molecule has 1 aliphatic rings. The van der Waals surface area contributed by atoms with Gasteiger partial charge in [0.05, 0.1) is 12.2 Å². The maximum Gasteiger partial charge on any atom is 0.490 e. The van der Waals surface area contributed by atoms with Crippen molar-refractivity contribution in [2.75, 3.05) is 18.1 Å². The van der Waals surface area contributed by atoms with E-state index in [0.717, 1.165) is 31.2 Å². The van der Waals surface area contributed by atoms with Crippen LogP contribution in [0.15, 0.2) is 30.5 Å². The van der Waals surface area contributed by atoms with Gasteiger partial charge in [0.25, 0.3) is 5.91 Å². The van der Waals surface area contributed by atoms with Crippen LogP contribution in [0.5, 0.6) is 0 Å². The summed E-state index contributed by atoms with van der Waals surface area (Å²) in [6.45, 7) is 15.9. The molecule has 0 bridgehead atoms. The Morgan fingerprint density at radius 1 is 1.04 bits per heavy atom. The van der Waals surface area contributed by atoms with Crippen molar-refractivity contribution in [1.29, 1.82) is 5.26 Å². The fourth-order valence-corrected chi connectivity index (χ4v) is 5.18. The predicted molar refractivity (Wildman–Crippen MR) is 178 cm³/mol. The van der Waals surface area contributed by atoms with Crippen molar-refractivity contribution >= 4 is 35.4 Å². The first-order valence-electron chi connectivity index (χ1n) is 15.8. The number of aromatic nitrogens is 2. The highest BCUT2D eigenvalue weighted by Gasteiger charge is 2.41. The normalized spacial score (nSPS) is 13.8. The Hall–Kier alpha value is -4.16. The molecule has 49 heavy (non-hydrogen) atoms. The number of nitriles is 1. The maximum absolute atomic E-state index is 13.3. The third-order valence-corrected chi connectivity index (χ3v) is 9.16. The lowest BCUT2D eigenvalue weighted by atomic mass is 9.75. The summed E-state index contributed by atoms with van der Waals surface area (Å²) in [7, 11) is 0. The van der Waals surface area contributed by atoms with Crippen LogP contribution in [0.4, 0.5) is 23.8 Å². The highest BCUT2D eigenvalue weighted by atomic mass is 35.5. The first-order chi connectivity index (χ1) is 22.6. The lowest BCUT2D eigenvalue weighted by Crippen LogP contribution is -2.57. The van der Waals surface area contributed by atoms with Gasteiger partial charge in [0.2, 0.25) is 5.82 Å². The lowest BCUT2D eigenvalue weighted by Gasteiger charge is -2.47. The Bertz CT molecular complexity index is 1490. The van der Waals surface area contributed by atoms with Crippen molar-refractivity contribution in [1.82, 2.24) is 25.2 Å². The van der Waals surface area contributed by atoms with Crippen LogP contribution in [0.1, 0.15) is 95.9 Å². The van der Waals surface area contributed by atoms with E-state index in [9.17, 15) is 33.1 Å². The minimum atomic E-state index is -5.08. The van der Waals surface area contributed by atoms with E-state index in [1.54, 1.807) is 17.1 Å². The number of alkyl halides is 3. The highest BCUT2D eigenvalue weighted by Crippen LogP contribution is 2.35. The zero-order valence-electron chi connectivity index (χ0n) is 28.8. The Morgan fingerprint density at radius 2 is 1.59 bits per heavy atom. The first kappa shape index (κ1) is 41.0. The molecule has 0 saturated heterocycles. The molecule has 12 nitrogen and oxygen atoms in total. The van der Waals surface area contributed by atoms with Gasteiger partial charge in [0, 0.05) is 36.8 Å². The van der Waals surface area contributed by atoms with E-state index in [-0.39, 0.29) is 34.3 Å². The summed E-state index contributed by atoms with van der Waals surface area (Å²) in [5, 5.41) is 28.3. The number of nitrogens with zero attached hydrogens (tertiary/aromatic N) is 6. The number of carbonyl (C=O) groups is 3. The molecule has 2 amide bonds. The summed E-state index contributed by atoms with van der Waals surface area (Å²) in [6, 6.07) is 9.54. The number of halogens is 4. The van der Waals surface area contributed by atoms with E-state index in [4.69, 9.17) is 21.5 Å². The number of benzene rings is 1. The topological polar surface area (TPSA) is 163 Å². The van der Waals surface area contributed by atoms with Crippen LogP contribution >= 0.6 is 11.6 Å². The number of nitrogens with one attached hydrogen (secondary N) is 1. The van der Waals surface area contributed by atoms with Crippen molar-refractivity contribution in [2.45, 2.75) is 104 Å². The van der Waals surface area contributed by atoms with Gasteiger partial charge in [-0.2, -0.15) is 23.4 Å². The molecule has 1 saturated carbocycles. The number of carboxylic acids is 1. The molecule has 1 heterocycles. The van der Waals surface area contributed by atoms with Crippen LogP contribution < -0.4 is 10.4 Å². The summed E-state index contributed by atoms with van der Waals surface area (Å²) >= 11 is 6.39. The number of carbonyl (C=O) groups excluding carboxylic acids is 1. The molecule has 0 spiro atoms. The van der Waals surface area contributed by atoms with E-state index in [2.05, 4.69) is 54.9 Å². The molecule has 0 atom stereocenters. The fourth-order valence-electron chi connectivity index (χ4n) is 5.00. The predicted octanol–water partition coefficient (Wildman–Crippen LogP) is 6.74. The van der Waals surface area contributed by atoms with Gasteiger partial charge in [-0.15, -0.1) is 0 Å². The standard InChI is InChI=1S/C31H44ClN7O3.C2HF3O2/c1-21(2)37(16-17-38(29(41)42)31(6,7)30(3,4)5)20-22-12-14-23(15-13-22)28(40)36-39(24-10-8-9-11-24)27-25(32)19-34-26(18-33)35-27;3-2(4,5)1(6)7/h12-15,19,21,24H,8-11,16-17,20H2,1-7H3,(H,36,40)(H,41,42);(H,6,7). The number of hydrogen-bond acceptors (Lipinski definition) is 8. The number of carboxylic acid groups (broad SMARTS) is 2. The van der Waals surface area contributed by atoms with E-state index in [0.29, 0.717) is 31.0 Å². The smallest absolute Gasteiger partial charge is 0.475 e. The average molecular weight is 712 g/mol. The van der Waals surface area contributed by atoms with Crippen LogP contribution in [0, 0.1) is 16.7 Å². The van der Waals surface area contributed by atoms with Crippen molar-refractivity contribution < 1.29 is 37.8 Å². The number of rotatable bonds is 11. The van der Waals surface area contributed by atoms with Crippen LogP contribution in [0.25, 0.3) is 0 Å². The van der Waals surface area contributed by atoms with Crippen LogP contribution in [-0.2, 0) is 11.3 Å². The molecule has 16 heteroatoms. The SMILES string of the molecule is CC(C)N(CCN(C(=O)O)C(C)(C)C(C)(C)C)Cc1ccc(C(=O)NN(c2nc(C#N)ncc2Cl)C2CCCC2)cc1.O=C(O)C(F)(F)F. The number of anilines is 1. The van der Waals surface area contributed by atoms with Crippen LogP contribution in [0.3, 0.4) is 0 Å². The number of hydrazine groups is 1. The molecule has 3 rings (SSSR count). The molecule has 1 aromatic heterocycles. The number of amides is 2. The summed E-state index contributed by atoms with van der Waals surface area (Å²) in [5.41, 5.74) is 3.69. The van der Waals surface area contributed by atoms with Gasteiger partial charge in [-0.05, 0) is 63.6 Å². The monoisotopic (exact) mass is 711 g/mol. The summed E-state index contributed by atoms with van der Waals surface area (Å²) in [5.74, 6) is -2.76. The summed E-state index contributed by atoms with van der Waals surface area (Å²) < 4.78 is 31.7. The second kappa shape index (κ2) is 17.0. The van der Waals surface area contributed by atoms with E-state index < -0.39 is 23.8 Å². The maximum atomic E-state index is 13.3.